The molecule has 2 unspecified atom stereocenters. The minimum Gasteiger partial charge on any atom is -0.341 e. The lowest BCUT2D eigenvalue weighted by molar-refractivity contribution is -0.145. The molecule has 3 heterocycles. The number of rotatable bonds is 3. The molecule has 0 N–H and O–H groups in total. The summed E-state index contributed by atoms with van der Waals surface area (Å²) in [6, 6.07) is 0.384. The fraction of sp³-hybridized carbons (Fsp3) is 0.905. The van der Waals surface area contributed by atoms with Gasteiger partial charge in [0.2, 0.25) is 11.8 Å². The summed E-state index contributed by atoms with van der Waals surface area (Å²) in [5.41, 5.74) is -0.366. The van der Waals surface area contributed by atoms with Gasteiger partial charge in [0, 0.05) is 37.6 Å². The fourth-order valence-corrected chi connectivity index (χ4v) is 4.83. The first kappa shape index (κ1) is 19.7. The van der Waals surface area contributed by atoms with Gasteiger partial charge in [-0.1, -0.05) is 27.2 Å². The van der Waals surface area contributed by atoms with Gasteiger partial charge in [0.15, 0.2) is 0 Å². The van der Waals surface area contributed by atoms with Gasteiger partial charge < -0.3 is 14.7 Å². The number of likely N-dealkylation sites (tertiary alicyclic amines) is 3. The Labute approximate surface area is 159 Å². The molecule has 0 aromatic rings. The van der Waals surface area contributed by atoms with Crippen molar-refractivity contribution in [2.45, 2.75) is 71.8 Å². The van der Waals surface area contributed by atoms with E-state index in [1.54, 1.807) is 0 Å². The van der Waals surface area contributed by atoms with E-state index in [1.807, 2.05) is 25.7 Å². The van der Waals surface area contributed by atoms with E-state index in [1.165, 1.54) is 32.4 Å². The molecule has 3 rings (SSSR count). The van der Waals surface area contributed by atoms with Crippen molar-refractivity contribution in [3.63, 3.8) is 0 Å². The van der Waals surface area contributed by atoms with Crippen LogP contribution < -0.4 is 0 Å². The van der Waals surface area contributed by atoms with Crippen LogP contribution in [0, 0.1) is 11.3 Å². The van der Waals surface area contributed by atoms with Crippen molar-refractivity contribution in [2.24, 2.45) is 11.3 Å². The van der Waals surface area contributed by atoms with Crippen molar-refractivity contribution in [1.82, 2.24) is 14.7 Å². The molecule has 3 aliphatic rings. The molecule has 0 aromatic heterocycles. The van der Waals surface area contributed by atoms with Crippen molar-refractivity contribution >= 4 is 11.8 Å². The van der Waals surface area contributed by atoms with Crippen LogP contribution in [0.25, 0.3) is 0 Å². The first-order chi connectivity index (χ1) is 12.4. The number of piperidine rings is 2. The summed E-state index contributed by atoms with van der Waals surface area (Å²) in [5.74, 6) is 0.481. The molecular formula is C21H37N3O2. The van der Waals surface area contributed by atoms with Gasteiger partial charge in [0.05, 0.1) is 5.92 Å². The third-order valence-electron chi connectivity index (χ3n) is 6.28. The highest BCUT2D eigenvalue weighted by atomic mass is 16.2. The Morgan fingerprint density at radius 3 is 2.27 bits per heavy atom. The Balaban J connectivity index is 1.59. The highest BCUT2D eigenvalue weighted by Crippen LogP contribution is 2.28. The molecule has 0 aromatic carbocycles. The van der Waals surface area contributed by atoms with Gasteiger partial charge in [0.25, 0.3) is 0 Å². The van der Waals surface area contributed by atoms with E-state index in [4.69, 9.17) is 0 Å². The molecule has 3 saturated heterocycles. The number of carbonyl (C=O) groups is 2. The van der Waals surface area contributed by atoms with E-state index < -0.39 is 0 Å². The number of carbonyl (C=O) groups excluding carboxylic acids is 2. The minimum atomic E-state index is -0.366. The molecule has 3 aliphatic heterocycles. The minimum absolute atomic E-state index is 0.00277. The van der Waals surface area contributed by atoms with Crippen molar-refractivity contribution in [3.8, 4) is 0 Å². The molecule has 148 valence electrons. The Morgan fingerprint density at radius 1 is 0.885 bits per heavy atom. The standard InChI is InChI=1S/C21H37N3O2/c1-21(2,3)20(26)23-13-7-9-17(15-23)19(25)24-14-8-10-18(24)16-22-11-5-4-6-12-22/h17-18H,4-16H2,1-3H3. The van der Waals surface area contributed by atoms with Crippen LogP contribution in [0.5, 0.6) is 0 Å². The molecule has 5 nitrogen and oxygen atoms in total. The van der Waals surface area contributed by atoms with Gasteiger partial charge in [-0.05, 0) is 51.6 Å². The molecule has 5 heteroatoms. The largest absolute Gasteiger partial charge is 0.341 e. The summed E-state index contributed by atoms with van der Waals surface area (Å²) in [5, 5.41) is 0. The lowest BCUT2D eigenvalue weighted by Gasteiger charge is -2.39. The van der Waals surface area contributed by atoms with Crippen LogP contribution in [-0.2, 0) is 9.59 Å². The third-order valence-corrected chi connectivity index (χ3v) is 6.28. The number of hydrogen-bond acceptors (Lipinski definition) is 3. The van der Waals surface area contributed by atoms with Crippen LogP contribution in [0.1, 0.15) is 65.7 Å². The Morgan fingerprint density at radius 2 is 1.58 bits per heavy atom. The molecule has 0 spiro atoms. The molecule has 0 bridgehead atoms. The fourth-order valence-electron chi connectivity index (χ4n) is 4.83. The molecular weight excluding hydrogens is 326 g/mol. The van der Waals surface area contributed by atoms with Crippen molar-refractivity contribution in [2.75, 3.05) is 39.3 Å². The smallest absolute Gasteiger partial charge is 0.227 e. The maximum absolute atomic E-state index is 13.2. The number of amides is 2. The van der Waals surface area contributed by atoms with Crippen LogP contribution in [0.2, 0.25) is 0 Å². The second-order valence-corrected chi connectivity index (χ2v) is 9.53. The average Bonchev–Trinajstić information content (AvgIpc) is 3.08. The van der Waals surface area contributed by atoms with Crippen molar-refractivity contribution in [1.29, 1.82) is 0 Å². The maximum atomic E-state index is 13.2. The number of nitrogens with zero attached hydrogens (tertiary/aromatic N) is 3. The van der Waals surface area contributed by atoms with Crippen molar-refractivity contribution < 1.29 is 9.59 Å². The second-order valence-electron chi connectivity index (χ2n) is 9.53. The molecule has 0 radical (unpaired) electrons. The predicted molar refractivity (Wildman–Crippen MR) is 104 cm³/mol. The molecule has 2 amide bonds. The lowest BCUT2D eigenvalue weighted by atomic mass is 9.90. The molecule has 3 fully saturated rings. The van der Waals surface area contributed by atoms with E-state index in [-0.39, 0.29) is 17.2 Å². The van der Waals surface area contributed by atoms with E-state index in [9.17, 15) is 9.59 Å². The zero-order chi connectivity index (χ0) is 18.7. The quantitative estimate of drug-likeness (QED) is 0.774. The van der Waals surface area contributed by atoms with Crippen LogP contribution >= 0.6 is 0 Å². The first-order valence-corrected chi connectivity index (χ1v) is 10.7. The SMILES string of the molecule is CC(C)(C)C(=O)N1CCCC(C(=O)N2CCCC2CN2CCCCC2)C1. The molecule has 26 heavy (non-hydrogen) atoms. The monoisotopic (exact) mass is 363 g/mol. The lowest BCUT2D eigenvalue weighted by Crippen LogP contribution is -2.51. The Kier molecular flexibility index (Phi) is 6.26. The van der Waals surface area contributed by atoms with Gasteiger partial charge in [-0.2, -0.15) is 0 Å². The topological polar surface area (TPSA) is 43.9 Å². The Bertz CT molecular complexity index is 508. The maximum Gasteiger partial charge on any atom is 0.227 e. The van der Waals surface area contributed by atoms with Gasteiger partial charge in [-0.15, -0.1) is 0 Å². The van der Waals surface area contributed by atoms with Crippen LogP contribution in [0.15, 0.2) is 0 Å². The van der Waals surface area contributed by atoms with Crippen LogP contribution in [0.3, 0.4) is 0 Å². The highest BCUT2D eigenvalue weighted by Gasteiger charge is 2.38. The van der Waals surface area contributed by atoms with Gasteiger partial charge >= 0.3 is 0 Å². The normalized spacial score (nSPS) is 28.4. The van der Waals surface area contributed by atoms with Crippen LogP contribution in [0.4, 0.5) is 0 Å². The van der Waals surface area contributed by atoms with Gasteiger partial charge in [-0.3, -0.25) is 9.59 Å². The molecule has 0 saturated carbocycles. The van der Waals surface area contributed by atoms with Gasteiger partial charge in [-0.25, -0.2) is 0 Å². The van der Waals surface area contributed by atoms with Crippen molar-refractivity contribution in [3.05, 3.63) is 0 Å². The van der Waals surface area contributed by atoms with E-state index in [2.05, 4.69) is 9.80 Å². The summed E-state index contributed by atoms with van der Waals surface area (Å²) in [4.78, 5) is 32.5. The number of hydrogen-bond donors (Lipinski definition) is 0. The van der Waals surface area contributed by atoms with E-state index in [0.29, 0.717) is 18.5 Å². The summed E-state index contributed by atoms with van der Waals surface area (Å²) >= 11 is 0. The van der Waals surface area contributed by atoms with Gasteiger partial charge in [0.1, 0.15) is 0 Å². The predicted octanol–water partition coefficient (Wildman–Crippen LogP) is 2.75. The van der Waals surface area contributed by atoms with Crippen LogP contribution in [-0.4, -0.2) is 71.8 Å². The second kappa shape index (κ2) is 8.28. The first-order valence-electron chi connectivity index (χ1n) is 10.7. The molecule has 0 aliphatic carbocycles. The third kappa shape index (κ3) is 4.59. The summed E-state index contributed by atoms with van der Waals surface area (Å²) < 4.78 is 0. The zero-order valence-electron chi connectivity index (χ0n) is 17.0. The zero-order valence-corrected chi connectivity index (χ0v) is 17.0. The van der Waals surface area contributed by atoms with E-state index >= 15 is 0 Å². The molecule has 2 atom stereocenters. The summed E-state index contributed by atoms with van der Waals surface area (Å²) in [6.07, 6.45) is 8.09. The summed E-state index contributed by atoms with van der Waals surface area (Å²) in [6.45, 7) is 11.6. The highest BCUT2D eigenvalue weighted by molar-refractivity contribution is 5.84. The Hall–Kier alpha value is -1.10. The average molecular weight is 364 g/mol. The van der Waals surface area contributed by atoms with E-state index in [0.717, 1.165) is 45.3 Å². The summed E-state index contributed by atoms with van der Waals surface area (Å²) in [7, 11) is 0.